The summed E-state index contributed by atoms with van der Waals surface area (Å²) in [5, 5.41) is 7.27. The first-order valence-corrected chi connectivity index (χ1v) is 10.7. The molecule has 0 aliphatic heterocycles. The Kier molecular flexibility index (Phi) is 6.49. The molecule has 0 heterocycles. The molecule has 0 aromatic carbocycles. The third kappa shape index (κ3) is 5.70. The topological polar surface area (TPSA) is 114 Å². The van der Waals surface area contributed by atoms with Gasteiger partial charge in [0.05, 0.1) is 0 Å². The van der Waals surface area contributed by atoms with Crippen molar-refractivity contribution in [3.8, 4) is 0 Å². The molecule has 4 bridgehead atoms. The number of hydrogen-bond acceptors (Lipinski definition) is 5. The maximum absolute atomic E-state index is 12.4. The summed E-state index contributed by atoms with van der Waals surface area (Å²) < 4.78 is 5.02. The third-order valence-corrected chi connectivity index (χ3v) is 6.46. The molecule has 4 rings (SSSR count). The summed E-state index contributed by atoms with van der Waals surface area (Å²) in [7, 11) is 0. The van der Waals surface area contributed by atoms with Crippen LogP contribution in [0.4, 0.5) is 4.79 Å². The SMILES string of the molecule is CC(C)NC(=O)NC(=O)[C@@H](C)OC(=O)CNC(=O)CC12CC3CC(CC(C3)C1)C2. The number of hydrogen-bond donors (Lipinski definition) is 3. The molecule has 8 nitrogen and oxygen atoms in total. The second-order valence-corrected chi connectivity index (χ2v) is 9.62. The molecule has 1 atom stereocenters. The summed E-state index contributed by atoms with van der Waals surface area (Å²) in [5.74, 6) is 0.772. The van der Waals surface area contributed by atoms with E-state index in [-0.39, 0.29) is 23.9 Å². The van der Waals surface area contributed by atoms with Gasteiger partial charge in [-0.05, 0) is 82.5 Å². The summed E-state index contributed by atoms with van der Waals surface area (Å²) in [6.45, 7) is 4.63. The fraction of sp³-hybridized carbons (Fsp3) is 0.810. The number of amides is 4. The van der Waals surface area contributed by atoms with Gasteiger partial charge in [-0.1, -0.05) is 0 Å². The number of carbonyl (C=O) groups excluding carboxylic acids is 4. The lowest BCUT2D eigenvalue weighted by molar-refractivity contribution is -0.154. The van der Waals surface area contributed by atoms with E-state index in [2.05, 4.69) is 16.0 Å². The van der Waals surface area contributed by atoms with E-state index in [0.717, 1.165) is 37.0 Å². The van der Waals surface area contributed by atoms with Crippen LogP contribution in [0.25, 0.3) is 0 Å². The number of imide groups is 1. The van der Waals surface area contributed by atoms with Gasteiger partial charge in [0.25, 0.3) is 5.91 Å². The van der Waals surface area contributed by atoms with Crippen LogP contribution in [0.2, 0.25) is 0 Å². The number of nitrogens with one attached hydrogen (secondary N) is 3. The average molecular weight is 408 g/mol. The van der Waals surface area contributed by atoms with E-state index in [1.165, 1.54) is 26.2 Å². The number of rotatable bonds is 7. The zero-order valence-corrected chi connectivity index (χ0v) is 17.6. The van der Waals surface area contributed by atoms with Crippen molar-refractivity contribution in [3.05, 3.63) is 0 Å². The minimum Gasteiger partial charge on any atom is -0.451 e. The van der Waals surface area contributed by atoms with Gasteiger partial charge >= 0.3 is 12.0 Å². The summed E-state index contributed by atoms with van der Waals surface area (Å²) in [5.41, 5.74) is 0.111. The number of esters is 1. The van der Waals surface area contributed by atoms with E-state index in [1.807, 2.05) is 0 Å². The highest BCUT2D eigenvalue weighted by atomic mass is 16.5. The molecular formula is C21H33N3O5. The third-order valence-electron chi connectivity index (χ3n) is 6.46. The normalized spacial score (nSPS) is 30.6. The molecule has 0 aromatic rings. The molecule has 4 aliphatic carbocycles. The Labute approximate surface area is 171 Å². The zero-order chi connectivity index (χ0) is 21.2. The largest absolute Gasteiger partial charge is 0.451 e. The maximum Gasteiger partial charge on any atom is 0.326 e. The molecule has 4 amide bonds. The Morgan fingerprint density at radius 1 is 0.966 bits per heavy atom. The van der Waals surface area contributed by atoms with Gasteiger partial charge in [-0.25, -0.2) is 4.79 Å². The molecule has 0 unspecified atom stereocenters. The van der Waals surface area contributed by atoms with E-state index >= 15 is 0 Å². The van der Waals surface area contributed by atoms with Crippen molar-refractivity contribution in [1.29, 1.82) is 0 Å². The van der Waals surface area contributed by atoms with Gasteiger partial charge in [0.2, 0.25) is 5.91 Å². The van der Waals surface area contributed by atoms with Crippen LogP contribution in [0.3, 0.4) is 0 Å². The molecule has 4 aliphatic rings. The van der Waals surface area contributed by atoms with Crippen LogP contribution in [0.1, 0.15) is 65.7 Å². The van der Waals surface area contributed by atoms with Gasteiger partial charge in [0, 0.05) is 12.5 Å². The Bertz CT molecular complexity index is 640. The molecule has 3 N–H and O–H groups in total. The minimum absolute atomic E-state index is 0.111. The molecule has 8 heteroatoms. The molecule has 4 saturated carbocycles. The fourth-order valence-electron chi connectivity index (χ4n) is 5.88. The highest BCUT2D eigenvalue weighted by Gasteiger charge is 2.51. The lowest BCUT2D eigenvalue weighted by Gasteiger charge is -2.56. The Morgan fingerprint density at radius 3 is 2.03 bits per heavy atom. The molecule has 0 spiro atoms. The first-order chi connectivity index (χ1) is 13.6. The summed E-state index contributed by atoms with van der Waals surface area (Å²) in [6, 6.07) is -0.762. The van der Waals surface area contributed by atoms with E-state index < -0.39 is 24.0 Å². The lowest BCUT2D eigenvalue weighted by atomic mass is 9.49. The van der Waals surface area contributed by atoms with Gasteiger partial charge in [0.15, 0.2) is 6.10 Å². The number of ether oxygens (including phenoxy) is 1. The van der Waals surface area contributed by atoms with Crippen molar-refractivity contribution in [2.45, 2.75) is 77.9 Å². The van der Waals surface area contributed by atoms with Crippen LogP contribution in [-0.2, 0) is 19.1 Å². The molecule has 0 aromatic heterocycles. The molecule has 29 heavy (non-hydrogen) atoms. The predicted octanol–water partition coefficient (Wildman–Crippen LogP) is 1.87. The monoisotopic (exact) mass is 407 g/mol. The molecule has 162 valence electrons. The second kappa shape index (κ2) is 8.71. The van der Waals surface area contributed by atoms with Gasteiger partial charge < -0.3 is 15.4 Å². The number of carbonyl (C=O) groups is 4. The van der Waals surface area contributed by atoms with Crippen molar-refractivity contribution in [3.63, 3.8) is 0 Å². The molecular weight excluding hydrogens is 374 g/mol. The smallest absolute Gasteiger partial charge is 0.326 e. The number of urea groups is 1. The van der Waals surface area contributed by atoms with E-state index in [9.17, 15) is 19.2 Å². The van der Waals surface area contributed by atoms with Crippen molar-refractivity contribution < 1.29 is 23.9 Å². The Morgan fingerprint density at radius 2 is 1.52 bits per heavy atom. The molecule has 0 radical (unpaired) electrons. The first-order valence-electron chi connectivity index (χ1n) is 10.7. The lowest BCUT2D eigenvalue weighted by Crippen LogP contribution is -2.48. The van der Waals surface area contributed by atoms with Crippen LogP contribution in [-0.4, -0.2) is 42.5 Å². The Hall–Kier alpha value is -2.12. The van der Waals surface area contributed by atoms with Gasteiger partial charge in [-0.2, -0.15) is 0 Å². The van der Waals surface area contributed by atoms with Crippen LogP contribution < -0.4 is 16.0 Å². The fourth-order valence-corrected chi connectivity index (χ4v) is 5.88. The second-order valence-electron chi connectivity index (χ2n) is 9.62. The highest BCUT2D eigenvalue weighted by molar-refractivity contribution is 5.97. The van der Waals surface area contributed by atoms with E-state index in [4.69, 9.17) is 4.74 Å². The maximum atomic E-state index is 12.4. The first kappa shape index (κ1) is 21.6. The molecule has 0 saturated heterocycles. The average Bonchev–Trinajstić information content (AvgIpc) is 2.57. The van der Waals surface area contributed by atoms with E-state index in [1.54, 1.807) is 13.8 Å². The van der Waals surface area contributed by atoms with Crippen LogP contribution in [0.15, 0.2) is 0 Å². The van der Waals surface area contributed by atoms with Gasteiger partial charge in [0.1, 0.15) is 6.54 Å². The van der Waals surface area contributed by atoms with Crippen LogP contribution >= 0.6 is 0 Å². The van der Waals surface area contributed by atoms with Crippen molar-refractivity contribution in [1.82, 2.24) is 16.0 Å². The quantitative estimate of drug-likeness (QED) is 0.558. The van der Waals surface area contributed by atoms with Gasteiger partial charge in [-0.15, -0.1) is 0 Å². The van der Waals surface area contributed by atoms with Crippen molar-refractivity contribution in [2.24, 2.45) is 23.2 Å². The standard InChI is InChI=1S/C21H33N3O5/c1-12(2)23-20(28)24-19(27)13(3)29-18(26)11-22-17(25)10-21-7-14-4-15(8-21)6-16(5-14)9-21/h12-16H,4-11H2,1-3H3,(H,22,25)(H2,23,24,27,28)/t13-,14?,15?,16?,21?/m1/s1. The predicted molar refractivity (Wildman–Crippen MR) is 106 cm³/mol. The van der Waals surface area contributed by atoms with Crippen molar-refractivity contribution >= 4 is 23.8 Å². The van der Waals surface area contributed by atoms with E-state index in [0.29, 0.717) is 6.42 Å². The zero-order valence-electron chi connectivity index (χ0n) is 17.6. The van der Waals surface area contributed by atoms with Crippen LogP contribution in [0, 0.1) is 23.2 Å². The summed E-state index contributed by atoms with van der Waals surface area (Å²) in [4.78, 5) is 47.8. The van der Waals surface area contributed by atoms with Crippen LogP contribution in [0.5, 0.6) is 0 Å². The minimum atomic E-state index is -1.12. The van der Waals surface area contributed by atoms with Gasteiger partial charge in [-0.3, -0.25) is 19.7 Å². The molecule has 4 fully saturated rings. The summed E-state index contributed by atoms with van der Waals surface area (Å²) in [6.07, 6.45) is 6.70. The Balaban J connectivity index is 1.38. The van der Waals surface area contributed by atoms with Crippen molar-refractivity contribution in [2.75, 3.05) is 6.54 Å². The highest BCUT2D eigenvalue weighted by Crippen LogP contribution is 2.61. The summed E-state index contributed by atoms with van der Waals surface area (Å²) >= 11 is 0.